The lowest BCUT2D eigenvalue weighted by Crippen LogP contribution is -2.54. The molecular weight excluding hydrogens is 313 g/mol. The zero-order valence-corrected chi connectivity index (χ0v) is 13.3. The molecule has 2 rings (SSSR count). The lowest BCUT2D eigenvalue weighted by molar-refractivity contribution is 0.140. The molecule has 2 aromatic carbocycles. The fraction of sp³-hybridized carbons (Fsp3) is 0.200. The molecule has 0 unspecified atom stereocenters. The Morgan fingerprint density at radius 1 is 0.773 bits per heavy atom. The van der Waals surface area contributed by atoms with Crippen molar-refractivity contribution in [1.29, 1.82) is 0 Å². The fourth-order valence-corrected chi connectivity index (χ4v) is 4.04. The summed E-state index contributed by atoms with van der Waals surface area (Å²) in [6.45, 7) is 0. The van der Waals surface area contributed by atoms with Gasteiger partial charge in [-0.2, -0.15) is 0 Å². The quantitative estimate of drug-likeness (QED) is 0.790. The second kappa shape index (κ2) is 6.61. The van der Waals surface area contributed by atoms with Gasteiger partial charge in [0.15, 0.2) is 0 Å². The van der Waals surface area contributed by atoms with Gasteiger partial charge in [-0.3, -0.25) is 0 Å². The predicted molar refractivity (Wildman–Crippen MR) is 78.2 cm³/mol. The minimum atomic E-state index is -3.00. The molecule has 0 saturated carbocycles. The number of rotatable bonds is 5. The van der Waals surface area contributed by atoms with Crippen LogP contribution >= 0.6 is 0 Å². The van der Waals surface area contributed by atoms with Crippen molar-refractivity contribution in [2.45, 2.75) is 0 Å². The second-order valence-corrected chi connectivity index (χ2v) is 7.40. The minimum Gasteiger partial charge on any atom is -0.373 e. The lowest BCUT2D eigenvalue weighted by Gasteiger charge is -2.24. The molecular formula is C15H15F3O3Si. The molecule has 118 valence electrons. The van der Waals surface area contributed by atoms with Gasteiger partial charge in [0.1, 0.15) is 17.5 Å². The molecule has 3 nitrogen and oxygen atoms in total. The van der Waals surface area contributed by atoms with E-state index in [4.69, 9.17) is 13.3 Å². The largest absolute Gasteiger partial charge is 0.536 e. The minimum absolute atomic E-state index is 0.282. The Morgan fingerprint density at radius 3 is 1.64 bits per heavy atom. The average Bonchev–Trinajstić information content (AvgIpc) is 2.50. The van der Waals surface area contributed by atoms with E-state index in [9.17, 15) is 13.2 Å². The maximum atomic E-state index is 13.8. The van der Waals surface area contributed by atoms with Crippen molar-refractivity contribution in [3.8, 4) is 11.1 Å². The third-order valence-electron chi connectivity index (χ3n) is 3.34. The van der Waals surface area contributed by atoms with Crippen molar-refractivity contribution in [2.24, 2.45) is 0 Å². The summed E-state index contributed by atoms with van der Waals surface area (Å²) < 4.78 is 56.5. The van der Waals surface area contributed by atoms with Gasteiger partial charge in [0.2, 0.25) is 0 Å². The highest BCUT2D eigenvalue weighted by Crippen LogP contribution is 2.26. The van der Waals surface area contributed by atoms with E-state index in [0.29, 0.717) is 17.3 Å². The standard InChI is InChI=1S/C15H15F3O3Si/c1-19-22(20-2,21-3)12-6-4-10(5-7-12)15-13(17)8-11(16)9-14(15)18/h4-9H,1-3H3. The van der Waals surface area contributed by atoms with Crippen LogP contribution in [0.2, 0.25) is 0 Å². The topological polar surface area (TPSA) is 27.7 Å². The summed E-state index contributed by atoms with van der Waals surface area (Å²) in [5.41, 5.74) is -0.00238. The first kappa shape index (κ1) is 16.7. The molecule has 0 fully saturated rings. The van der Waals surface area contributed by atoms with Gasteiger partial charge in [-0.25, -0.2) is 13.2 Å². The van der Waals surface area contributed by atoms with Crippen LogP contribution in [0.4, 0.5) is 13.2 Å². The third-order valence-corrected chi connectivity index (χ3v) is 5.99. The van der Waals surface area contributed by atoms with E-state index < -0.39 is 26.3 Å². The molecule has 0 bridgehead atoms. The van der Waals surface area contributed by atoms with Crippen LogP contribution in [0, 0.1) is 17.5 Å². The van der Waals surface area contributed by atoms with Crippen molar-refractivity contribution in [3.05, 3.63) is 53.8 Å². The van der Waals surface area contributed by atoms with E-state index >= 15 is 0 Å². The van der Waals surface area contributed by atoms with Gasteiger partial charge in [0.05, 0.1) is 5.56 Å². The molecule has 0 amide bonds. The van der Waals surface area contributed by atoms with Crippen molar-refractivity contribution >= 4 is 14.0 Å². The Morgan fingerprint density at radius 2 is 1.23 bits per heavy atom. The maximum absolute atomic E-state index is 13.8. The van der Waals surface area contributed by atoms with Crippen LogP contribution in [-0.2, 0) is 13.3 Å². The highest BCUT2D eigenvalue weighted by molar-refractivity contribution is 6.75. The molecule has 0 aromatic heterocycles. The van der Waals surface area contributed by atoms with Gasteiger partial charge in [0.25, 0.3) is 0 Å². The third kappa shape index (κ3) is 2.93. The molecule has 0 spiro atoms. The lowest BCUT2D eigenvalue weighted by atomic mass is 10.0. The van der Waals surface area contributed by atoms with Crippen molar-refractivity contribution < 1.29 is 26.4 Å². The van der Waals surface area contributed by atoms with E-state index in [1.807, 2.05) is 0 Å². The Balaban J connectivity index is 2.46. The first-order valence-corrected chi connectivity index (χ1v) is 8.10. The van der Waals surface area contributed by atoms with Gasteiger partial charge < -0.3 is 13.3 Å². The van der Waals surface area contributed by atoms with Crippen LogP contribution in [0.5, 0.6) is 0 Å². The van der Waals surface area contributed by atoms with Gasteiger partial charge in [-0.05, 0) is 5.56 Å². The number of benzene rings is 2. The van der Waals surface area contributed by atoms with Crippen LogP contribution < -0.4 is 5.19 Å². The summed E-state index contributed by atoms with van der Waals surface area (Å²) >= 11 is 0. The molecule has 0 N–H and O–H groups in total. The Hall–Kier alpha value is -1.67. The molecule has 7 heteroatoms. The summed E-state index contributed by atoms with van der Waals surface area (Å²) in [6.07, 6.45) is 0. The molecule has 0 radical (unpaired) electrons. The molecule has 0 heterocycles. The van der Waals surface area contributed by atoms with Crippen LogP contribution in [-0.4, -0.2) is 30.1 Å². The van der Waals surface area contributed by atoms with E-state index in [1.165, 1.54) is 33.5 Å². The maximum Gasteiger partial charge on any atom is 0.536 e. The molecule has 0 atom stereocenters. The van der Waals surface area contributed by atoms with E-state index in [0.717, 1.165) is 0 Å². The Kier molecular flexibility index (Phi) is 5.02. The van der Waals surface area contributed by atoms with Gasteiger partial charge in [-0.1, -0.05) is 24.3 Å². The van der Waals surface area contributed by atoms with Crippen LogP contribution in [0.3, 0.4) is 0 Å². The van der Waals surface area contributed by atoms with Crippen molar-refractivity contribution in [3.63, 3.8) is 0 Å². The fourth-order valence-electron chi connectivity index (χ4n) is 2.26. The van der Waals surface area contributed by atoms with Crippen LogP contribution in [0.25, 0.3) is 11.1 Å². The molecule has 2 aromatic rings. The van der Waals surface area contributed by atoms with Crippen LogP contribution in [0.15, 0.2) is 36.4 Å². The highest BCUT2D eigenvalue weighted by Gasteiger charge is 2.40. The zero-order chi connectivity index (χ0) is 16.3. The van der Waals surface area contributed by atoms with Crippen molar-refractivity contribution in [2.75, 3.05) is 21.3 Å². The van der Waals surface area contributed by atoms with E-state index in [2.05, 4.69) is 0 Å². The first-order chi connectivity index (χ1) is 10.5. The highest BCUT2D eigenvalue weighted by atomic mass is 28.4. The molecule has 0 aliphatic carbocycles. The normalized spacial score (nSPS) is 11.7. The van der Waals surface area contributed by atoms with Gasteiger partial charge >= 0.3 is 8.80 Å². The predicted octanol–water partition coefficient (Wildman–Crippen LogP) is 2.86. The zero-order valence-electron chi connectivity index (χ0n) is 12.3. The summed E-state index contributed by atoms with van der Waals surface area (Å²) in [6, 6.07) is 7.53. The summed E-state index contributed by atoms with van der Waals surface area (Å²) in [5, 5.41) is 0.645. The van der Waals surface area contributed by atoms with E-state index in [1.54, 1.807) is 12.1 Å². The van der Waals surface area contributed by atoms with E-state index in [-0.39, 0.29) is 11.1 Å². The molecule has 0 aliphatic rings. The number of hydrogen-bond donors (Lipinski definition) is 0. The summed E-state index contributed by atoms with van der Waals surface area (Å²) in [7, 11) is 1.39. The Bertz CT molecular complexity index is 626. The monoisotopic (exact) mass is 328 g/mol. The number of halogens is 3. The van der Waals surface area contributed by atoms with Crippen molar-refractivity contribution in [1.82, 2.24) is 0 Å². The second-order valence-electron chi connectivity index (χ2n) is 4.49. The summed E-state index contributed by atoms with van der Waals surface area (Å²) in [4.78, 5) is 0. The first-order valence-electron chi connectivity index (χ1n) is 6.38. The molecule has 22 heavy (non-hydrogen) atoms. The smallest absolute Gasteiger partial charge is 0.373 e. The molecule has 0 saturated heterocycles. The SMILES string of the molecule is CO[Si](OC)(OC)c1ccc(-c2c(F)cc(F)cc2F)cc1. The summed E-state index contributed by atoms with van der Waals surface area (Å²) in [5.74, 6) is -2.88. The number of hydrogen-bond acceptors (Lipinski definition) is 3. The Labute approximate surface area is 127 Å². The van der Waals surface area contributed by atoms with Gasteiger partial charge in [-0.15, -0.1) is 0 Å². The average molecular weight is 328 g/mol. The van der Waals surface area contributed by atoms with Gasteiger partial charge in [0, 0.05) is 38.6 Å². The van der Waals surface area contributed by atoms with Crippen LogP contribution in [0.1, 0.15) is 0 Å². The molecule has 0 aliphatic heterocycles.